The minimum absolute atomic E-state index is 0.0590. The predicted octanol–water partition coefficient (Wildman–Crippen LogP) is 9.70. The molecular weight excluding hydrogens is 465 g/mol. The third kappa shape index (κ3) is 11.0. The average molecular weight is 509 g/mol. The molecule has 0 aliphatic heterocycles. The van der Waals surface area contributed by atoms with Gasteiger partial charge in [0.25, 0.3) is 6.48 Å². The Morgan fingerprint density at radius 1 is 0.694 bits per heavy atom. The second kappa shape index (κ2) is 15.4. The zero-order valence-electron chi connectivity index (χ0n) is 22.4. The van der Waals surface area contributed by atoms with Crippen LogP contribution in [0.1, 0.15) is 103 Å². The first-order valence-electron chi connectivity index (χ1n) is 13.3. The Kier molecular flexibility index (Phi) is 13.0. The van der Waals surface area contributed by atoms with Gasteiger partial charge in [0.05, 0.1) is 23.9 Å². The van der Waals surface area contributed by atoms with Crippen molar-refractivity contribution >= 4 is 0 Å². The van der Waals surface area contributed by atoms with E-state index in [4.69, 9.17) is 14.2 Å². The molecule has 0 aliphatic rings. The lowest BCUT2D eigenvalue weighted by Gasteiger charge is -2.28. The molecular formula is C30H43F3O3. The summed E-state index contributed by atoms with van der Waals surface area (Å²) in [5.41, 5.74) is 1.57. The molecule has 202 valence electrons. The summed E-state index contributed by atoms with van der Waals surface area (Å²) in [5.74, 6) is 0. The minimum atomic E-state index is -4.37. The molecule has 0 bridgehead atoms. The molecule has 0 aliphatic carbocycles. The Bertz CT molecular complexity index is 852. The number of ether oxygens (including phenoxy) is 3. The van der Waals surface area contributed by atoms with Gasteiger partial charge in [0.1, 0.15) is 0 Å². The molecule has 0 heterocycles. The number of unbranched alkanes of at least 4 members (excludes halogenated alkanes) is 6. The summed E-state index contributed by atoms with van der Waals surface area (Å²) in [5, 5.41) is 0. The zero-order chi connectivity index (χ0) is 26.6. The average Bonchev–Trinajstić information content (AvgIpc) is 2.81. The normalized spacial score (nSPS) is 13.2. The van der Waals surface area contributed by atoms with Gasteiger partial charge in [-0.2, -0.15) is 13.2 Å². The van der Waals surface area contributed by atoms with Crippen LogP contribution >= 0.6 is 0 Å². The first-order valence-corrected chi connectivity index (χ1v) is 13.3. The topological polar surface area (TPSA) is 27.7 Å². The zero-order valence-corrected chi connectivity index (χ0v) is 22.4. The van der Waals surface area contributed by atoms with Gasteiger partial charge in [0.2, 0.25) is 0 Å². The van der Waals surface area contributed by atoms with Crippen LogP contribution in [0.3, 0.4) is 0 Å². The van der Waals surface area contributed by atoms with Gasteiger partial charge in [-0.1, -0.05) is 88.3 Å². The number of benzene rings is 2. The van der Waals surface area contributed by atoms with Gasteiger partial charge in [-0.3, -0.25) is 0 Å². The molecule has 0 aromatic heterocycles. The molecule has 2 aromatic rings. The lowest BCUT2D eigenvalue weighted by Crippen LogP contribution is -2.29. The predicted molar refractivity (Wildman–Crippen MR) is 140 cm³/mol. The maximum atomic E-state index is 13.1. The Balaban J connectivity index is 2.16. The van der Waals surface area contributed by atoms with E-state index in [-0.39, 0.29) is 18.3 Å². The first kappa shape index (κ1) is 30.3. The third-order valence-electron chi connectivity index (χ3n) is 5.92. The number of halogens is 3. The monoisotopic (exact) mass is 508 g/mol. The minimum Gasteiger partial charge on any atom is -0.327 e. The van der Waals surface area contributed by atoms with Crippen LogP contribution in [0, 0.1) is 0 Å². The van der Waals surface area contributed by atoms with Crippen molar-refractivity contribution in [2.24, 2.45) is 0 Å². The fourth-order valence-corrected chi connectivity index (χ4v) is 4.04. The summed E-state index contributed by atoms with van der Waals surface area (Å²) < 4.78 is 57.5. The van der Waals surface area contributed by atoms with Gasteiger partial charge in [-0.15, -0.1) is 0 Å². The van der Waals surface area contributed by atoms with E-state index in [2.05, 4.69) is 6.92 Å². The second-order valence-corrected chi connectivity index (χ2v) is 9.89. The van der Waals surface area contributed by atoms with Crippen molar-refractivity contribution < 1.29 is 27.4 Å². The largest absolute Gasteiger partial charge is 0.416 e. The molecule has 0 amide bonds. The maximum absolute atomic E-state index is 13.1. The Labute approximate surface area is 215 Å². The van der Waals surface area contributed by atoms with Crippen molar-refractivity contribution in [3.63, 3.8) is 0 Å². The third-order valence-corrected chi connectivity index (χ3v) is 5.92. The van der Waals surface area contributed by atoms with Gasteiger partial charge in [0, 0.05) is 0 Å². The van der Waals surface area contributed by atoms with Crippen molar-refractivity contribution in [2.75, 3.05) is 0 Å². The Hall–Kier alpha value is -1.89. The van der Waals surface area contributed by atoms with E-state index >= 15 is 0 Å². The maximum Gasteiger partial charge on any atom is 0.416 e. The van der Waals surface area contributed by atoms with Crippen molar-refractivity contribution in [1.82, 2.24) is 0 Å². The van der Waals surface area contributed by atoms with Gasteiger partial charge < -0.3 is 14.2 Å². The highest BCUT2D eigenvalue weighted by atomic mass is 19.4. The van der Waals surface area contributed by atoms with Crippen LogP contribution in [0.25, 0.3) is 11.1 Å². The molecule has 0 radical (unpaired) electrons. The molecule has 2 rings (SSSR count). The molecule has 3 nitrogen and oxygen atoms in total. The summed E-state index contributed by atoms with van der Waals surface area (Å²) in [6.07, 6.45) is 4.49. The molecule has 2 aromatic carbocycles. The molecule has 0 spiro atoms. The van der Waals surface area contributed by atoms with Crippen LogP contribution in [0.2, 0.25) is 0 Å². The standard InChI is InChI=1S/C30H43F3O3/c1-6-7-8-9-10-11-12-16-28(36-29(34-22(2)3)35-23(4)5)25-19-17-24(18-20-25)26-14-13-15-27(21-26)30(31,32)33/h13-15,17-23,28-29H,6-12,16H2,1-5H3. The smallest absolute Gasteiger partial charge is 0.327 e. The highest BCUT2D eigenvalue weighted by Gasteiger charge is 2.30. The fourth-order valence-electron chi connectivity index (χ4n) is 4.04. The number of hydrogen-bond donors (Lipinski definition) is 0. The van der Waals surface area contributed by atoms with Gasteiger partial charge in [-0.25, -0.2) is 0 Å². The van der Waals surface area contributed by atoms with Crippen molar-refractivity contribution in [2.45, 2.75) is 117 Å². The van der Waals surface area contributed by atoms with Crippen LogP contribution in [-0.2, 0) is 20.4 Å². The summed E-state index contributed by atoms with van der Waals surface area (Å²) in [6, 6.07) is 13.0. The Morgan fingerprint density at radius 3 is 1.83 bits per heavy atom. The van der Waals surface area contributed by atoms with Crippen LogP contribution < -0.4 is 0 Å². The van der Waals surface area contributed by atoms with Gasteiger partial charge in [0.15, 0.2) is 0 Å². The quantitative estimate of drug-likeness (QED) is 0.167. The lowest BCUT2D eigenvalue weighted by atomic mass is 9.97. The Morgan fingerprint density at radius 2 is 1.28 bits per heavy atom. The van der Waals surface area contributed by atoms with E-state index in [0.29, 0.717) is 5.56 Å². The SMILES string of the molecule is CCCCCCCCCC(OC(OC(C)C)OC(C)C)c1ccc(-c2cccc(C(F)(F)F)c2)cc1. The van der Waals surface area contributed by atoms with Crippen molar-refractivity contribution in [3.8, 4) is 11.1 Å². The first-order chi connectivity index (χ1) is 17.1. The second-order valence-electron chi connectivity index (χ2n) is 9.89. The molecule has 0 N–H and O–H groups in total. The lowest BCUT2D eigenvalue weighted by molar-refractivity contribution is -0.328. The van der Waals surface area contributed by atoms with E-state index in [1.54, 1.807) is 6.07 Å². The van der Waals surface area contributed by atoms with Gasteiger partial charge >= 0.3 is 6.18 Å². The molecule has 1 unspecified atom stereocenters. The van der Waals surface area contributed by atoms with Crippen molar-refractivity contribution in [1.29, 1.82) is 0 Å². The number of hydrogen-bond acceptors (Lipinski definition) is 3. The molecule has 0 saturated heterocycles. The van der Waals surface area contributed by atoms with E-state index < -0.39 is 18.2 Å². The summed E-state index contributed by atoms with van der Waals surface area (Å²) >= 11 is 0. The van der Waals surface area contributed by atoms with Crippen molar-refractivity contribution in [3.05, 3.63) is 59.7 Å². The van der Waals surface area contributed by atoms with Gasteiger partial charge in [-0.05, 0) is 62.9 Å². The highest BCUT2D eigenvalue weighted by molar-refractivity contribution is 5.64. The summed E-state index contributed by atoms with van der Waals surface area (Å²) in [7, 11) is 0. The molecule has 1 atom stereocenters. The highest BCUT2D eigenvalue weighted by Crippen LogP contribution is 2.33. The molecule has 0 fully saturated rings. The van der Waals surface area contributed by atoms with Crippen LogP contribution in [0.5, 0.6) is 0 Å². The van der Waals surface area contributed by atoms with Crippen LogP contribution in [0.4, 0.5) is 13.2 Å². The molecule has 36 heavy (non-hydrogen) atoms. The van der Waals surface area contributed by atoms with E-state index in [9.17, 15) is 13.2 Å². The van der Waals surface area contributed by atoms with E-state index in [0.717, 1.165) is 36.5 Å². The van der Waals surface area contributed by atoms with Crippen LogP contribution in [-0.4, -0.2) is 18.7 Å². The number of rotatable bonds is 16. The van der Waals surface area contributed by atoms with E-state index in [1.807, 2.05) is 52.0 Å². The van der Waals surface area contributed by atoms with Crippen LogP contribution in [0.15, 0.2) is 48.5 Å². The molecule has 0 saturated carbocycles. The summed E-state index contributed by atoms with van der Waals surface area (Å²) in [4.78, 5) is 0. The van der Waals surface area contributed by atoms with E-state index in [1.165, 1.54) is 44.2 Å². The molecule has 6 heteroatoms. The fraction of sp³-hybridized carbons (Fsp3) is 0.600. The summed E-state index contributed by atoms with van der Waals surface area (Å²) in [6.45, 7) is 9.19. The number of alkyl halides is 3.